The van der Waals surface area contributed by atoms with Gasteiger partial charge in [-0.3, -0.25) is 9.78 Å². The van der Waals surface area contributed by atoms with E-state index in [0.29, 0.717) is 0 Å². The number of hydrogen-bond acceptors (Lipinski definition) is 3. The maximum Gasteiger partial charge on any atom is 0.338 e. The average molecular weight is 280 g/mol. The van der Waals surface area contributed by atoms with Gasteiger partial charge in [0.25, 0.3) is 5.91 Å². The highest BCUT2D eigenvalue weighted by Crippen LogP contribution is 2.21. The van der Waals surface area contributed by atoms with Gasteiger partial charge in [-0.25, -0.2) is 13.6 Å². The molecule has 0 saturated heterocycles. The molecular weight excluding hydrogens is 272 g/mol. The molecule has 9 heteroatoms. The van der Waals surface area contributed by atoms with Crippen molar-refractivity contribution >= 4 is 11.9 Å². The van der Waals surface area contributed by atoms with Crippen molar-refractivity contribution in [3.8, 4) is 0 Å². The van der Waals surface area contributed by atoms with Crippen LogP contribution in [0.15, 0.2) is 18.3 Å². The SMILES string of the molecule is O=C(O)c1cccnc1C(=O)NCC(F)(F)C(F)F. The van der Waals surface area contributed by atoms with Crippen LogP contribution in [0.5, 0.6) is 0 Å². The Morgan fingerprint density at radius 3 is 2.58 bits per heavy atom. The number of nitrogens with zero attached hydrogens (tertiary/aromatic N) is 1. The third kappa shape index (κ3) is 3.63. The van der Waals surface area contributed by atoms with Gasteiger partial charge in [-0.05, 0) is 12.1 Å². The Labute approximate surface area is 104 Å². The first kappa shape index (κ1) is 14.9. The topological polar surface area (TPSA) is 79.3 Å². The number of aromatic carboxylic acids is 1. The van der Waals surface area contributed by atoms with Crippen LogP contribution < -0.4 is 5.32 Å². The van der Waals surface area contributed by atoms with Crippen LogP contribution in [0.1, 0.15) is 20.8 Å². The summed E-state index contributed by atoms with van der Waals surface area (Å²) in [4.78, 5) is 25.6. The number of pyridine rings is 1. The minimum atomic E-state index is -4.40. The summed E-state index contributed by atoms with van der Waals surface area (Å²) >= 11 is 0. The molecule has 0 saturated carbocycles. The molecular formula is C10H8F4N2O3. The maximum absolute atomic E-state index is 12.6. The van der Waals surface area contributed by atoms with Crippen molar-refractivity contribution in [3.63, 3.8) is 0 Å². The molecule has 19 heavy (non-hydrogen) atoms. The molecule has 1 aromatic rings. The highest BCUT2D eigenvalue weighted by Gasteiger charge is 2.41. The quantitative estimate of drug-likeness (QED) is 0.799. The molecule has 0 aliphatic heterocycles. The molecule has 1 rings (SSSR count). The number of halogens is 4. The molecule has 0 aromatic carbocycles. The molecule has 1 aromatic heterocycles. The van der Waals surface area contributed by atoms with Gasteiger partial charge < -0.3 is 10.4 Å². The van der Waals surface area contributed by atoms with E-state index >= 15 is 0 Å². The standard InChI is InChI=1S/C10H8F4N2O3/c11-9(12)10(13,14)4-16-7(17)6-5(8(18)19)2-1-3-15-6/h1-3,9H,4H2,(H,16,17)(H,18,19). The number of alkyl halides is 4. The molecule has 0 fully saturated rings. The molecule has 1 heterocycles. The monoisotopic (exact) mass is 280 g/mol. The summed E-state index contributed by atoms with van der Waals surface area (Å²) in [5.41, 5.74) is -1.14. The van der Waals surface area contributed by atoms with E-state index in [-0.39, 0.29) is 0 Å². The number of carbonyl (C=O) groups is 2. The minimum absolute atomic E-state index is 0.514. The van der Waals surface area contributed by atoms with E-state index < -0.39 is 42.0 Å². The van der Waals surface area contributed by atoms with Crippen LogP contribution in [0, 0.1) is 0 Å². The van der Waals surface area contributed by atoms with Crippen LogP contribution >= 0.6 is 0 Å². The van der Waals surface area contributed by atoms with E-state index in [0.717, 1.165) is 12.3 Å². The lowest BCUT2D eigenvalue weighted by Crippen LogP contribution is -2.42. The van der Waals surface area contributed by atoms with Gasteiger partial charge in [-0.1, -0.05) is 0 Å². The van der Waals surface area contributed by atoms with Gasteiger partial charge in [-0.15, -0.1) is 0 Å². The highest BCUT2D eigenvalue weighted by molar-refractivity contribution is 6.03. The Hall–Kier alpha value is -2.19. The number of rotatable bonds is 5. The van der Waals surface area contributed by atoms with Crippen LogP contribution in [0.2, 0.25) is 0 Å². The predicted molar refractivity (Wildman–Crippen MR) is 54.5 cm³/mol. The smallest absolute Gasteiger partial charge is 0.338 e. The molecule has 0 aliphatic carbocycles. The molecule has 0 radical (unpaired) electrons. The van der Waals surface area contributed by atoms with Gasteiger partial charge in [0.1, 0.15) is 5.69 Å². The number of nitrogens with one attached hydrogen (secondary N) is 1. The average Bonchev–Trinajstić information content (AvgIpc) is 2.35. The van der Waals surface area contributed by atoms with Gasteiger partial charge in [-0.2, -0.15) is 8.78 Å². The second kappa shape index (κ2) is 5.63. The van der Waals surface area contributed by atoms with E-state index in [4.69, 9.17) is 5.11 Å². The molecule has 0 aliphatic rings. The number of aromatic nitrogens is 1. The number of carboxylic acids is 1. The van der Waals surface area contributed by atoms with E-state index in [9.17, 15) is 27.2 Å². The van der Waals surface area contributed by atoms with Gasteiger partial charge in [0.15, 0.2) is 0 Å². The summed E-state index contributed by atoms with van der Waals surface area (Å²) < 4.78 is 48.9. The molecule has 1 amide bonds. The van der Waals surface area contributed by atoms with Crippen LogP contribution in [-0.2, 0) is 0 Å². The zero-order chi connectivity index (χ0) is 14.6. The largest absolute Gasteiger partial charge is 0.478 e. The first-order chi connectivity index (χ1) is 8.75. The summed E-state index contributed by atoms with van der Waals surface area (Å²) in [5.74, 6) is -7.15. The van der Waals surface area contributed by atoms with Crippen LogP contribution in [0.4, 0.5) is 17.6 Å². The number of amides is 1. The second-order valence-corrected chi connectivity index (χ2v) is 3.45. The molecule has 2 N–H and O–H groups in total. The van der Waals surface area contributed by atoms with Crippen LogP contribution in [0.3, 0.4) is 0 Å². The Morgan fingerprint density at radius 1 is 1.42 bits per heavy atom. The zero-order valence-corrected chi connectivity index (χ0v) is 9.24. The molecule has 0 bridgehead atoms. The van der Waals surface area contributed by atoms with E-state index in [1.807, 2.05) is 0 Å². The zero-order valence-electron chi connectivity index (χ0n) is 9.24. The van der Waals surface area contributed by atoms with Crippen molar-refractivity contribution in [3.05, 3.63) is 29.6 Å². The summed E-state index contributed by atoms with van der Waals surface area (Å²) in [7, 11) is 0. The lowest BCUT2D eigenvalue weighted by molar-refractivity contribution is -0.123. The summed E-state index contributed by atoms with van der Waals surface area (Å²) in [6.45, 7) is -1.61. The van der Waals surface area contributed by atoms with Gasteiger partial charge in [0.2, 0.25) is 0 Å². The molecule has 0 spiro atoms. The Morgan fingerprint density at radius 2 is 2.05 bits per heavy atom. The van der Waals surface area contributed by atoms with Crippen molar-refractivity contribution in [2.45, 2.75) is 12.3 Å². The minimum Gasteiger partial charge on any atom is -0.478 e. The Balaban J connectivity index is 2.83. The molecule has 0 atom stereocenters. The fourth-order valence-electron chi connectivity index (χ4n) is 1.12. The van der Waals surface area contributed by atoms with Crippen LogP contribution in [-0.4, -0.2) is 40.9 Å². The van der Waals surface area contributed by atoms with E-state index in [2.05, 4.69) is 4.98 Å². The Bertz CT molecular complexity index is 493. The molecule has 104 valence electrons. The highest BCUT2D eigenvalue weighted by atomic mass is 19.3. The van der Waals surface area contributed by atoms with Gasteiger partial charge in [0, 0.05) is 6.20 Å². The first-order valence-corrected chi connectivity index (χ1v) is 4.88. The fraction of sp³-hybridized carbons (Fsp3) is 0.300. The van der Waals surface area contributed by atoms with E-state index in [1.165, 1.54) is 11.4 Å². The molecule has 0 unspecified atom stereocenters. The maximum atomic E-state index is 12.6. The van der Waals surface area contributed by atoms with Crippen molar-refractivity contribution in [1.82, 2.24) is 10.3 Å². The van der Waals surface area contributed by atoms with Crippen molar-refractivity contribution < 1.29 is 32.3 Å². The normalized spacial score (nSPS) is 11.4. The number of hydrogen-bond donors (Lipinski definition) is 2. The fourth-order valence-corrected chi connectivity index (χ4v) is 1.12. The summed E-state index contributed by atoms with van der Waals surface area (Å²) in [6.07, 6.45) is -2.86. The lowest BCUT2D eigenvalue weighted by atomic mass is 10.2. The second-order valence-electron chi connectivity index (χ2n) is 3.45. The summed E-state index contributed by atoms with van der Waals surface area (Å²) in [6, 6.07) is 2.27. The van der Waals surface area contributed by atoms with Crippen molar-refractivity contribution in [2.75, 3.05) is 6.54 Å². The predicted octanol–water partition coefficient (Wildman–Crippen LogP) is 1.41. The van der Waals surface area contributed by atoms with Crippen LogP contribution in [0.25, 0.3) is 0 Å². The number of carboxylic acid groups (broad SMARTS) is 1. The van der Waals surface area contributed by atoms with Gasteiger partial charge in [0.05, 0.1) is 12.1 Å². The van der Waals surface area contributed by atoms with Gasteiger partial charge >= 0.3 is 18.3 Å². The first-order valence-electron chi connectivity index (χ1n) is 4.88. The third-order valence-corrected chi connectivity index (χ3v) is 2.06. The van der Waals surface area contributed by atoms with E-state index in [1.54, 1.807) is 0 Å². The molecule has 5 nitrogen and oxygen atoms in total. The van der Waals surface area contributed by atoms with Crippen molar-refractivity contribution in [2.24, 2.45) is 0 Å². The third-order valence-electron chi connectivity index (χ3n) is 2.06. The lowest BCUT2D eigenvalue weighted by Gasteiger charge is -2.15. The number of carbonyl (C=O) groups excluding carboxylic acids is 1. The Kier molecular flexibility index (Phi) is 4.41. The van der Waals surface area contributed by atoms with Crippen molar-refractivity contribution in [1.29, 1.82) is 0 Å². The summed E-state index contributed by atoms with van der Waals surface area (Å²) in [5, 5.41) is 10.3.